The van der Waals surface area contributed by atoms with Gasteiger partial charge in [0.1, 0.15) is 5.00 Å². The molecule has 29 heavy (non-hydrogen) atoms. The lowest BCUT2D eigenvalue weighted by Crippen LogP contribution is -2.47. The van der Waals surface area contributed by atoms with E-state index in [0.717, 1.165) is 49.0 Å². The highest BCUT2D eigenvalue weighted by atomic mass is 32.1. The molecule has 1 aromatic rings. The lowest BCUT2D eigenvalue weighted by molar-refractivity contribution is -0.151. The van der Waals surface area contributed by atoms with Crippen LogP contribution in [0, 0.1) is 29.6 Å². The van der Waals surface area contributed by atoms with E-state index in [9.17, 15) is 19.5 Å². The zero-order chi connectivity index (χ0) is 20.7. The van der Waals surface area contributed by atoms with Gasteiger partial charge in [-0.25, -0.2) is 4.79 Å². The molecule has 156 valence electrons. The zero-order valence-corrected chi connectivity index (χ0v) is 17.6. The zero-order valence-electron chi connectivity index (χ0n) is 16.8. The van der Waals surface area contributed by atoms with Crippen LogP contribution < -0.4 is 5.32 Å². The minimum atomic E-state index is -0.923. The number of thiophene rings is 1. The Bertz CT molecular complexity index is 873. The van der Waals surface area contributed by atoms with E-state index in [1.807, 2.05) is 12.2 Å². The normalized spacial score (nSPS) is 29.9. The summed E-state index contributed by atoms with van der Waals surface area (Å²) in [6, 6.07) is 0. The molecule has 0 aliphatic heterocycles. The summed E-state index contributed by atoms with van der Waals surface area (Å²) in [5.41, 5.74) is 1.44. The average Bonchev–Trinajstić information content (AvgIpc) is 3.09. The molecule has 0 spiro atoms. The number of aliphatic carboxylic acids is 1. The van der Waals surface area contributed by atoms with Crippen molar-refractivity contribution in [3.8, 4) is 0 Å². The Morgan fingerprint density at radius 3 is 2.45 bits per heavy atom. The number of esters is 1. The Labute approximate surface area is 174 Å². The van der Waals surface area contributed by atoms with Crippen LogP contribution in [0.4, 0.5) is 5.00 Å². The van der Waals surface area contributed by atoms with Gasteiger partial charge in [0.25, 0.3) is 0 Å². The standard InChI is InChI=1S/C22H27NO5S/c1-3-11-4-9-14-15(10-11)29-20(18(14)22(27)28-2)23-19(24)16-12-5-7-13(8-6-12)17(16)21(25)26/h5,7,11-13,16-17H,3-4,6,8-10H2,1-2H3,(H,23,24)(H,25,26)/t11-,12+,13+,16-,17+/m1/s1. The van der Waals surface area contributed by atoms with E-state index < -0.39 is 23.8 Å². The summed E-state index contributed by atoms with van der Waals surface area (Å²) in [7, 11) is 1.35. The van der Waals surface area contributed by atoms with Crippen LogP contribution in [0.5, 0.6) is 0 Å². The number of fused-ring (bicyclic) bond motifs is 3. The molecule has 0 radical (unpaired) electrons. The quantitative estimate of drug-likeness (QED) is 0.560. The van der Waals surface area contributed by atoms with Crippen molar-refractivity contribution in [2.75, 3.05) is 12.4 Å². The lowest BCUT2D eigenvalue weighted by atomic mass is 9.62. The molecule has 2 bridgehead atoms. The van der Waals surface area contributed by atoms with Crippen LogP contribution in [0.1, 0.15) is 53.4 Å². The van der Waals surface area contributed by atoms with Crippen molar-refractivity contribution in [3.05, 3.63) is 28.2 Å². The molecular formula is C22H27NO5S. The minimum Gasteiger partial charge on any atom is -0.481 e. The topological polar surface area (TPSA) is 92.7 Å². The summed E-state index contributed by atoms with van der Waals surface area (Å²) < 4.78 is 5.00. The summed E-state index contributed by atoms with van der Waals surface area (Å²) in [6.45, 7) is 2.17. The number of carboxylic acids is 1. The number of hydrogen-bond acceptors (Lipinski definition) is 5. The highest BCUT2D eigenvalue weighted by molar-refractivity contribution is 7.17. The number of hydrogen-bond donors (Lipinski definition) is 2. The average molecular weight is 418 g/mol. The molecule has 5 rings (SSSR count). The first-order valence-electron chi connectivity index (χ1n) is 10.4. The van der Waals surface area contributed by atoms with E-state index in [0.29, 0.717) is 16.5 Å². The van der Waals surface area contributed by atoms with Gasteiger partial charge in [-0.15, -0.1) is 11.3 Å². The summed E-state index contributed by atoms with van der Waals surface area (Å²) in [6.07, 6.45) is 9.40. The second-order valence-corrected chi connectivity index (χ2v) is 9.49. The predicted octanol–water partition coefficient (Wildman–Crippen LogP) is 3.90. The van der Waals surface area contributed by atoms with Gasteiger partial charge in [0.2, 0.25) is 5.91 Å². The lowest BCUT2D eigenvalue weighted by Gasteiger charge is -2.41. The van der Waals surface area contributed by atoms with Crippen molar-refractivity contribution in [2.24, 2.45) is 29.6 Å². The molecule has 6 nitrogen and oxygen atoms in total. The number of methoxy groups -OCH3 is 1. The molecule has 0 unspecified atom stereocenters. The number of carboxylic acid groups (broad SMARTS) is 1. The first kappa shape index (κ1) is 20.1. The van der Waals surface area contributed by atoms with E-state index in [4.69, 9.17) is 4.74 Å². The van der Waals surface area contributed by atoms with Crippen LogP contribution in [0.15, 0.2) is 12.2 Å². The smallest absolute Gasteiger partial charge is 0.341 e. The van der Waals surface area contributed by atoms with Gasteiger partial charge >= 0.3 is 11.9 Å². The molecule has 1 aromatic heterocycles. The van der Waals surface area contributed by atoms with Gasteiger partial charge in [-0.1, -0.05) is 25.5 Å². The molecule has 0 aromatic carbocycles. The molecule has 4 aliphatic carbocycles. The van der Waals surface area contributed by atoms with Gasteiger partial charge in [0, 0.05) is 4.88 Å². The summed E-state index contributed by atoms with van der Waals surface area (Å²) in [5, 5.41) is 13.2. The van der Waals surface area contributed by atoms with E-state index in [1.54, 1.807) is 0 Å². The first-order chi connectivity index (χ1) is 13.9. The van der Waals surface area contributed by atoms with Gasteiger partial charge in [0.05, 0.1) is 24.5 Å². The number of ether oxygens (including phenoxy) is 1. The van der Waals surface area contributed by atoms with Crippen molar-refractivity contribution < 1.29 is 24.2 Å². The van der Waals surface area contributed by atoms with Crippen LogP contribution in [0.3, 0.4) is 0 Å². The Morgan fingerprint density at radius 1 is 1.17 bits per heavy atom. The number of allylic oxidation sites excluding steroid dienone is 2. The predicted molar refractivity (Wildman–Crippen MR) is 110 cm³/mol. The second kappa shape index (κ2) is 7.94. The maximum Gasteiger partial charge on any atom is 0.341 e. The van der Waals surface area contributed by atoms with Crippen LogP contribution in [0.25, 0.3) is 0 Å². The van der Waals surface area contributed by atoms with Crippen molar-refractivity contribution in [1.29, 1.82) is 0 Å². The van der Waals surface area contributed by atoms with Crippen molar-refractivity contribution in [2.45, 2.75) is 45.4 Å². The Balaban J connectivity index is 1.64. The van der Waals surface area contributed by atoms with Gasteiger partial charge < -0.3 is 15.2 Å². The maximum atomic E-state index is 13.2. The number of nitrogens with one attached hydrogen (secondary N) is 1. The monoisotopic (exact) mass is 417 g/mol. The van der Waals surface area contributed by atoms with Gasteiger partial charge in [-0.05, 0) is 55.4 Å². The Kier molecular flexibility index (Phi) is 5.51. The van der Waals surface area contributed by atoms with Gasteiger partial charge in [-0.3, -0.25) is 9.59 Å². The van der Waals surface area contributed by atoms with E-state index >= 15 is 0 Å². The SMILES string of the molecule is CC[C@@H]1CCc2c(sc(NC(=O)[C@H]3[C@@H](C(=O)O)[C@H]4C=C[C@H]3CC4)c2C(=O)OC)C1. The van der Waals surface area contributed by atoms with Crippen LogP contribution in [0.2, 0.25) is 0 Å². The molecule has 1 heterocycles. The minimum absolute atomic E-state index is 0.0678. The third-order valence-electron chi connectivity index (χ3n) is 6.91. The van der Waals surface area contributed by atoms with Crippen molar-refractivity contribution in [1.82, 2.24) is 0 Å². The number of amides is 1. The molecule has 4 aliphatic rings. The highest BCUT2D eigenvalue weighted by Gasteiger charge is 2.48. The molecule has 1 saturated carbocycles. The first-order valence-corrected chi connectivity index (χ1v) is 11.2. The molecular weight excluding hydrogens is 390 g/mol. The molecule has 2 N–H and O–H groups in total. The Hall–Kier alpha value is -2.15. The second-order valence-electron chi connectivity index (χ2n) is 8.39. The molecule has 1 fully saturated rings. The maximum absolute atomic E-state index is 13.2. The third-order valence-corrected chi connectivity index (χ3v) is 8.08. The summed E-state index contributed by atoms with van der Waals surface area (Å²) in [4.78, 5) is 38.7. The van der Waals surface area contributed by atoms with Crippen LogP contribution in [-0.4, -0.2) is 30.1 Å². The molecule has 7 heteroatoms. The fraction of sp³-hybridized carbons (Fsp3) is 0.591. The van der Waals surface area contributed by atoms with Gasteiger partial charge in [0.15, 0.2) is 0 Å². The fourth-order valence-corrected chi connectivity index (χ4v) is 6.65. The molecule has 5 atom stereocenters. The number of carbonyl (C=O) groups is 3. The van der Waals surface area contributed by atoms with Crippen LogP contribution >= 0.6 is 11.3 Å². The fourth-order valence-electron chi connectivity index (χ4n) is 5.29. The van der Waals surface area contributed by atoms with E-state index in [-0.39, 0.29) is 17.7 Å². The summed E-state index contributed by atoms with van der Waals surface area (Å²) >= 11 is 1.45. The van der Waals surface area contributed by atoms with E-state index in [1.165, 1.54) is 18.4 Å². The summed E-state index contributed by atoms with van der Waals surface area (Å²) in [5.74, 6) is -2.56. The van der Waals surface area contributed by atoms with Crippen molar-refractivity contribution >= 4 is 34.2 Å². The molecule has 1 amide bonds. The number of rotatable bonds is 5. The number of anilines is 1. The number of carbonyl (C=O) groups excluding carboxylic acids is 2. The Morgan fingerprint density at radius 2 is 1.86 bits per heavy atom. The largest absolute Gasteiger partial charge is 0.481 e. The third kappa shape index (κ3) is 3.50. The van der Waals surface area contributed by atoms with Crippen LogP contribution in [-0.2, 0) is 27.2 Å². The van der Waals surface area contributed by atoms with Crippen molar-refractivity contribution in [3.63, 3.8) is 0 Å². The van der Waals surface area contributed by atoms with Gasteiger partial charge in [-0.2, -0.15) is 0 Å². The molecule has 0 saturated heterocycles. The highest BCUT2D eigenvalue weighted by Crippen LogP contribution is 2.46. The van der Waals surface area contributed by atoms with E-state index in [2.05, 4.69) is 12.2 Å².